The molecule has 9 heavy (non-hydrogen) atoms. The number of unbranched alkanes of at least 4 members (excludes halogenated alkanes) is 1. The average Bonchev–Trinajstić information content (AvgIpc) is 1.63. The Morgan fingerprint density at radius 1 is 1.33 bits per heavy atom. The highest BCUT2D eigenvalue weighted by molar-refractivity contribution is 6.23. The van der Waals surface area contributed by atoms with E-state index in [2.05, 4.69) is 0 Å². The molecule has 0 nitrogen and oxygen atoms in total. The molecule has 4 heteroatoms. The fourth-order valence-corrected chi connectivity index (χ4v) is 0.534. The average molecular weight is 160 g/mol. The van der Waals surface area contributed by atoms with Gasteiger partial charge in [-0.05, 0) is 12.8 Å². The summed E-state index contributed by atoms with van der Waals surface area (Å²) in [7, 11) is 0. The summed E-state index contributed by atoms with van der Waals surface area (Å²) in [5, 5.41) is 0. The van der Waals surface area contributed by atoms with Gasteiger partial charge in [0.25, 0.3) is 0 Å². The van der Waals surface area contributed by atoms with Crippen molar-refractivity contribution < 1.29 is 13.2 Å². The van der Waals surface area contributed by atoms with Crippen LogP contribution < -0.4 is 0 Å². The van der Waals surface area contributed by atoms with E-state index in [-0.39, 0.29) is 6.42 Å². The van der Waals surface area contributed by atoms with Crippen LogP contribution in [0.3, 0.4) is 0 Å². The Balaban J connectivity index is 3.07. The van der Waals surface area contributed by atoms with Gasteiger partial charge in [0.05, 0.1) is 0 Å². The molecule has 0 saturated heterocycles. The molecule has 0 spiro atoms. The summed E-state index contributed by atoms with van der Waals surface area (Å²) in [6.45, 7) is 0. The third-order valence-electron chi connectivity index (χ3n) is 0.773. The molecule has 0 saturated carbocycles. The highest BCUT2D eigenvalue weighted by atomic mass is 35.5. The number of hydrogen-bond donors (Lipinski definition) is 0. The molecule has 0 N–H and O–H groups in total. The summed E-state index contributed by atoms with van der Waals surface area (Å²) in [4.78, 5) is 0. The van der Waals surface area contributed by atoms with E-state index < -0.39 is 12.6 Å². The maximum atomic E-state index is 11.3. The molecule has 0 atom stereocenters. The Morgan fingerprint density at radius 2 is 1.89 bits per heavy atom. The third kappa shape index (κ3) is 8.08. The van der Waals surface area contributed by atoms with Crippen LogP contribution in [0, 0.1) is 5.88 Å². The van der Waals surface area contributed by atoms with Crippen LogP contribution in [-0.4, -0.2) is 6.18 Å². The zero-order valence-corrected chi connectivity index (χ0v) is 5.47. The van der Waals surface area contributed by atoms with Gasteiger partial charge in [0.15, 0.2) is 0 Å². The van der Waals surface area contributed by atoms with E-state index in [4.69, 9.17) is 11.6 Å². The second-order valence-electron chi connectivity index (χ2n) is 1.66. The Hall–Kier alpha value is 0.0800. The van der Waals surface area contributed by atoms with Crippen LogP contribution in [0.15, 0.2) is 0 Å². The van der Waals surface area contributed by atoms with Crippen LogP contribution >= 0.6 is 11.6 Å². The van der Waals surface area contributed by atoms with Crippen molar-refractivity contribution in [1.82, 2.24) is 0 Å². The van der Waals surface area contributed by atoms with Crippen molar-refractivity contribution in [3.05, 3.63) is 5.88 Å². The minimum absolute atomic E-state index is 0.0903. The smallest absolute Gasteiger partial charge is 0.171 e. The largest absolute Gasteiger partial charge is 0.389 e. The first kappa shape index (κ1) is 9.08. The van der Waals surface area contributed by atoms with Crippen molar-refractivity contribution in [2.24, 2.45) is 0 Å². The molecule has 0 unspecified atom stereocenters. The summed E-state index contributed by atoms with van der Waals surface area (Å²) in [5.41, 5.74) is 0. The van der Waals surface area contributed by atoms with Crippen molar-refractivity contribution in [3.63, 3.8) is 0 Å². The highest BCUT2D eigenvalue weighted by Gasteiger charge is 2.25. The van der Waals surface area contributed by atoms with E-state index >= 15 is 0 Å². The number of rotatable bonds is 3. The lowest BCUT2D eigenvalue weighted by molar-refractivity contribution is -0.135. The molecule has 0 bridgehead atoms. The number of halogens is 4. The molecule has 0 aliphatic heterocycles. The van der Waals surface area contributed by atoms with Gasteiger partial charge in [0.2, 0.25) is 0 Å². The van der Waals surface area contributed by atoms with E-state index in [9.17, 15) is 13.2 Å². The van der Waals surface area contributed by atoms with Gasteiger partial charge in [-0.15, -0.1) is 11.6 Å². The van der Waals surface area contributed by atoms with Crippen LogP contribution in [0.4, 0.5) is 13.2 Å². The molecular formula is C5H7ClF3. The minimum Gasteiger partial charge on any atom is -0.171 e. The molecule has 0 heterocycles. The lowest BCUT2D eigenvalue weighted by atomic mass is 10.2. The zero-order valence-electron chi connectivity index (χ0n) is 4.71. The van der Waals surface area contributed by atoms with E-state index in [0.717, 1.165) is 0 Å². The Bertz CT molecular complexity index is 69.1. The fraction of sp³-hybridized carbons (Fsp3) is 0.800. The Morgan fingerprint density at radius 3 is 2.22 bits per heavy atom. The van der Waals surface area contributed by atoms with Gasteiger partial charge < -0.3 is 0 Å². The van der Waals surface area contributed by atoms with Gasteiger partial charge in [0.1, 0.15) is 0 Å². The molecule has 0 aliphatic carbocycles. The molecule has 0 aromatic rings. The Labute approximate surface area is 57.0 Å². The molecule has 1 radical (unpaired) electrons. The molecule has 0 amide bonds. The van der Waals surface area contributed by atoms with Crippen LogP contribution in [0.25, 0.3) is 0 Å². The summed E-state index contributed by atoms with van der Waals surface area (Å²) in [6, 6.07) is 0. The molecule has 55 valence electrons. The van der Waals surface area contributed by atoms with Gasteiger partial charge in [-0.2, -0.15) is 13.2 Å². The predicted octanol–water partition coefficient (Wildman–Crippen LogP) is 3.12. The fourth-order valence-electron chi connectivity index (χ4n) is 0.380. The van der Waals surface area contributed by atoms with Crippen LogP contribution in [-0.2, 0) is 0 Å². The lowest BCUT2D eigenvalue weighted by Crippen LogP contribution is -2.05. The Kier molecular flexibility index (Phi) is 4.02. The van der Waals surface area contributed by atoms with E-state index in [1.54, 1.807) is 0 Å². The first-order chi connectivity index (χ1) is 4.06. The van der Waals surface area contributed by atoms with Gasteiger partial charge in [0, 0.05) is 12.3 Å². The first-order valence-electron chi connectivity index (χ1n) is 2.55. The lowest BCUT2D eigenvalue weighted by Gasteiger charge is -2.02. The van der Waals surface area contributed by atoms with Gasteiger partial charge in [-0.1, -0.05) is 0 Å². The molecule has 0 aliphatic rings. The van der Waals surface area contributed by atoms with Gasteiger partial charge >= 0.3 is 6.18 Å². The van der Waals surface area contributed by atoms with E-state index in [0.29, 0.717) is 6.42 Å². The quantitative estimate of drug-likeness (QED) is 0.555. The first-order valence-corrected chi connectivity index (χ1v) is 2.98. The van der Waals surface area contributed by atoms with E-state index in [1.165, 1.54) is 5.88 Å². The maximum absolute atomic E-state index is 11.3. The van der Waals surface area contributed by atoms with Gasteiger partial charge in [-0.3, -0.25) is 0 Å². The highest BCUT2D eigenvalue weighted by Crippen LogP contribution is 2.22. The van der Waals surface area contributed by atoms with Crippen LogP contribution in [0.5, 0.6) is 0 Å². The van der Waals surface area contributed by atoms with Crippen molar-refractivity contribution >= 4 is 11.6 Å². The SMILES string of the molecule is FC(F)(F)CCC[CH]Cl. The second-order valence-corrected chi connectivity index (χ2v) is 1.97. The zero-order chi connectivity index (χ0) is 7.33. The molecule has 0 rings (SSSR count). The van der Waals surface area contributed by atoms with Crippen molar-refractivity contribution in [3.8, 4) is 0 Å². The normalized spacial score (nSPS) is 12.0. The molecule has 0 aromatic heterocycles. The summed E-state index contributed by atoms with van der Waals surface area (Å²) in [5.74, 6) is 1.21. The van der Waals surface area contributed by atoms with Crippen LogP contribution in [0.2, 0.25) is 0 Å². The van der Waals surface area contributed by atoms with Crippen molar-refractivity contribution in [2.75, 3.05) is 0 Å². The minimum atomic E-state index is -4.03. The van der Waals surface area contributed by atoms with Crippen molar-refractivity contribution in [2.45, 2.75) is 25.4 Å². The van der Waals surface area contributed by atoms with E-state index in [1.807, 2.05) is 0 Å². The van der Waals surface area contributed by atoms with Gasteiger partial charge in [-0.25, -0.2) is 0 Å². The van der Waals surface area contributed by atoms with Crippen molar-refractivity contribution in [1.29, 1.82) is 0 Å². The predicted molar refractivity (Wildman–Crippen MR) is 30.1 cm³/mol. The topological polar surface area (TPSA) is 0 Å². The summed E-state index contributed by atoms with van der Waals surface area (Å²) >= 11 is 5.04. The second kappa shape index (κ2) is 3.99. The van der Waals surface area contributed by atoms with Crippen LogP contribution in [0.1, 0.15) is 19.3 Å². The summed E-state index contributed by atoms with van der Waals surface area (Å²) < 4.78 is 34.0. The maximum Gasteiger partial charge on any atom is 0.389 e. The summed E-state index contributed by atoms with van der Waals surface area (Å²) in [6.07, 6.45) is -4.36. The standard InChI is InChI=1S/C5H7ClF3/c6-4-2-1-3-5(7,8)9/h4H,1-3H2. The molecule has 0 aromatic carbocycles. The number of hydrogen-bond acceptors (Lipinski definition) is 0. The monoisotopic (exact) mass is 159 g/mol. The molecule has 0 fully saturated rings. The number of alkyl halides is 3. The molecular weight excluding hydrogens is 153 g/mol. The third-order valence-corrected chi connectivity index (χ3v) is 0.992.